The molecule has 0 saturated carbocycles. The standard InChI is InChI=1S/C17H15NO5/c1-10-6-7-11(9-13(10)16(20)22-2)15(19)12-5-4-8-18-14(12)17(21)23-3/h4-9H,1-3H3. The first-order valence-electron chi connectivity index (χ1n) is 6.76. The Kier molecular flexibility index (Phi) is 4.85. The van der Waals surface area contributed by atoms with Gasteiger partial charge in [-0.05, 0) is 30.7 Å². The number of carbonyl (C=O) groups excluding carboxylic acids is 3. The van der Waals surface area contributed by atoms with Crippen molar-refractivity contribution in [3.63, 3.8) is 0 Å². The summed E-state index contributed by atoms with van der Waals surface area (Å²) in [5.41, 5.74) is 1.28. The summed E-state index contributed by atoms with van der Waals surface area (Å²) in [6.45, 7) is 1.74. The molecule has 0 radical (unpaired) electrons. The molecule has 118 valence electrons. The predicted molar refractivity (Wildman–Crippen MR) is 81.5 cm³/mol. The third-order valence-electron chi connectivity index (χ3n) is 3.34. The van der Waals surface area contributed by atoms with Crippen molar-refractivity contribution in [1.29, 1.82) is 0 Å². The van der Waals surface area contributed by atoms with Gasteiger partial charge < -0.3 is 9.47 Å². The summed E-state index contributed by atoms with van der Waals surface area (Å²) < 4.78 is 9.33. The number of aromatic nitrogens is 1. The van der Waals surface area contributed by atoms with Gasteiger partial charge in [-0.3, -0.25) is 4.79 Å². The second kappa shape index (κ2) is 6.83. The van der Waals surface area contributed by atoms with E-state index in [2.05, 4.69) is 9.72 Å². The van der Waals surface area contributed by atoms with Gasteiger partial charge in [-0.15, -0.1) is 0 Å². The lowest BCUT2D eigenvalue weighted by molar-refractivity contribution is 0.0585. The molecule has 0 saturated heterocycles. The minimum absolute atomic E-state index is 0.0693. The van der Waals surface area contributed by atoms with Crippen molar-refractivity contribution in [2.45, 2.75) is 6.92 Å². The van der Waals surface area contributed by atoms with Gasteiger partial charge in [0.1, 0.15) is 0 Å². The SMILES string of the molecule is COC(=O)c1cc(C(=O)c2cccnc2C(=O)OC)ccc1C. The van der Waals surface area contributed by atoms with Crippen LogP contribution in [0, 0.1) is 6.92 Å². The molecule has 1 heterocycles. The highest BCUT2D eigenvalue weighted by molar-refractivity contribution is 6.14. The second-order valence-electron chi connectivity index (χ2n) is 4.74. The number of esters is 2. The normalized spacial score (nSPS) is 10.0. The zero-order valence-electron chi connectivity index (χ0n) is 13.0. The van der Waals surface area contributed by atoms with Crippen molar-refractivity contribution in [2.75, 3.05) is 14.2 Å². The summed E-state index contributed by atoms with van der Waals surface area (Å²) >= 11 is 0. The first-order valence-corrected chi connectivity index (χ1v) is 6.76. The Balaban J connectivity index is 2.50. The molecule has 1 aromatic heterocycles. The zero-order valence-corrected chi connectivity index (χ0v) is 13.0. The molecule has 0 N–H and O–H groups in total. The van der Waals surface area contributed by atoms with Crippen LogP contribution >= 0.6 is 0 Å². The summed E-state index contributed by atoms with van der Waals surface area (Å²) in [5.74, 6) is -1.66. The predicted octanol–water partition coefficient (Wildman–Crippen LogP) is 2.19. The molecule has 0 amide bonds. The number of hydrogen-bond acceptors (Lipinski definition) is 6. The van der Waals surface area contributed by atoms with E-state index in [1.807, 2.05) is 0 Å². The van der Waals surface area contributed by atoms with Gasteiger partial charge in [0.05, 0.1) is 25.3 Å². The monoisotopic (exact) mass is 313 g/mol. The number of benzene rings is 1. The summed E-state index contributed by atoms with van der Waals surface area (Å²) in [7, 11) is 2.49. The van der Waals surface area contributed by atoms with Crippen molar-refractivity contribution in [2.24, 2.45) is 0 Å². The highest BCUT2D eigenvalue weighted by Gasteiger charge is 2.21. The number of ketones is 1. The third kappa shape index (κ3) is 3.26. The van der Waals surface area contributed by atoms with Crippen LogP contribution in [0.25, 0.3) is 0 Å². The molecule has 0 aliphatic heterocycles. The molecule has 6 heteroatoms. The van der Waals surface area contributed by atoms with E-state index in [1.165, 1.54) is 32.5 Å². The van der Waals surface area contributed by atoms with Gasteiger partial charge in [0.15, 0.2) is 11.5 Å². The van der Waals surface area contributed by atoms with E-state index in [0.29, 0.717) is 11.1 Å². The van der Waals surface area contributed by atoms with Crippen LogP contribution in [0.3, 0.4) is 0 Å². The fraction of sp³-hybridized carbons (Fsp3) is 0.176. The number of aryl methyl sites for hydroxylation is 1. The minimum atomic E-state index is -0.700. The van der Waals surface area contributed by atoms with Gasteiger partial charge in [-0.2, -0.15) is 0 Å². The Hall–Kier alpha value is -3.02. The average Bonchev–Trinajstić information content (AvgIpc) is 2.60. The summed E-state index contributed by atoms with van der Waals surface area (Å²) in [5, 5.41) is 0. The van der Waals surface area contributed by atoms with Gasteiger partial charge >= 0.3 is 11.9 Å². The van der Waals surface area contributed by atoms with E-state index in [1.54, 1.807) is 25.1 Å². The van der Waals surface area contributed by atoms with Gasteiger partial charge in [-0.1, -0.05) is 12.1 Å². The van der Waals surface area contributed by atoms with Crippen molar-refractivity contribution in [1.82, 2.24) is 4.98 Å². The molecule has 0 unspecified atom stereocenters. The quantitative estimate of drug-likeness (QED) is 0.635. The Bertz CT molecular complexity index is 782. The van der Waals surface area contributed by atoms with Crippen LogP contribution in [0.15, 0.2) is 36.5 Å². The topological polar surface area (TPSA) is 82.6 Å². The van der Waals surface area contributed by atoms with Crippen molar-refractivity contribution < 1.29 is 23.9 Å². The number of hydrogen-bond donors (Lipinski definition) is 0. The van der Waals surface area contributed by atoms with E-state index >= 15 is 0 Å². The number of nitrogens with zero attached hydrogens (tertiary/aromatic N) is 1. The fourth-order valence-corrected chi connectivity index (χ4v) is 2.10. The lowest BCUT2D eigenvalue weighted by atomic mass is 9.98. The highest BCUT2D eigenvalue weighted by Crippen LogP contribution is 2.18. The van der Waals surface area contributed by atoms with E-state index in [-0.39, 0.29) is 16.8 Å². The van der Waals surface area contributed by atoms with Crippen LogP contribution in [-0.2, 0) is 9.47 Å². The molecule has 2 rings (SSSR count). The Labute approximate surface area is 133 Å². The largest absolute Gasteiger partial charge is 0.465 e. The number of rotatable bonds is 4. The average molecular weight is 313 g/mol. The Morgan fingerprint density at radius 1 is 0.957 bits per heavy atom. The lowest BCUT2D eigenvalue weighted by Gasteiger charge is -2.09. The van der Waals surface area contributed by atoms with Crippen molar-refractivity contribution >= 4 is 17.7 Å². The first-order chi connectivity index (χ1) is 11.0. The number of pyridine rings is 1. The van der Waals surface area contributed by atoms with Crippen LogP contribution in [0.2, 0.25) is 0 Å². The minimum Gasteiger partial charge on any atom is -0.465 e. The summed E-state index contributed by atoms with van der Waals surface area (Å²) in [4.78, 5) is 40.0. The van der Waals surface area contributed by atoms with Gasteiger partial charge in [0, 0.05) is 11.8 Å². The molecule has 0 bridgehead atoms. The van der Waals surface area contributed by atoms with Gasteiger partial charge in [-0.25, -0.2) is 14.6 Å². The number of ether oxygens (including phenoxy) is 2. The van der Waals surface area contributed by atoms with Crippen LogP contribution in [0.5, 0.6) is 0 Å². The van der Waals surface area contributed by atoms with Crippen molar-refractivity contribution in [3.05, 3.63) is 64.5 Å². The van der Waals surface area contributed by atoms with Crippen LogP contribution in [-0.4, -0.2) is 36.9 Å². The van der Waals surface area contributed by atoms with E-state index < -0.39 is 17.7 Å². The molecule has 0 aliphatic rings. The molecule has 0 fully saturated rings. The molecule has 6 nitrogen and oxygen atoms in total. The number of methoxy groups -OCH3 is 2. The first kappa shape index (κ1) is 16.4. The maximum atomic E-state index is 12.7. The van der Waals surface area contributed by atoms with E-state index in [0.717, 1.165) is 0 Å². The molecular weight excluding hydrogens is 298 g/mol. The molecule has 0 aliphatic carbocycles. The van der Waals surface area contributed by atoms with Gasteiger partial charge in [0.2, 0.25) is 0 Å². The van der Waals surface area contributed by atoms with Crippen LogP contribution < -0.4 is 0 Å². The molecular formula is C17H15NO5. The molecule has 1 aromatic carbocycles. The summed E-state index contributed by atoms with van der Waals surface area (Å²) in [6.07, 6.45) is 1.40. The van der Waals surface area contributed by atoms with Crippen molar-refractivity contribution in [3.8, 4) is 0 Å². The second-order valence-corrected chi connectivity index (χ2v) is 4.74. The maximum Gasteiger partial charge on any atom is 0.357 e. The number of carbonyl (C=O) groups is 3. The molecule has 23 heavy (non-hydrogen) atoms. The lowest BCUT2D eigenvalue weighted by Crippen LogP contribution is -2.14. The van der Waals surface area contributed by atoms with Crippen LogP contribution in [0.1, 0.15) is 42.3 Å². The smallest absolute Gasteiger partial charge is 0.357 e. The zero-order chi connectivity index (χ0) is 17.0. The van der Waals surface area contributed by atoms with E-state index in [9.17, 15) is 14.4 Å². The molecule has 0 atom stereocenters. The maximum absolute atomic E-state index is 12.7. The summed E-state index contributed by atoms with van der Waals surface area (Å²) in [6, 6.07) is 7.71. The Morgan fingerprint density at radius 2 is 1.65 bits per heavy atom. The Morgan fingerprint density at radius 3 is 2.30 bits per heavy atom. The molecule has 0 spiro atoms. The van der Waals surface area contributed by atoms with Gasteiger partial charge in [0.25, 0.3) is 0 Å². The fourth-order valence-electron chi connectivity index (χ4n) is 2.10. The van der Waals surface area contributed by atoms with Crippen LogP contribution in [0.4, 0.5) is 0 Å². The third-order valence-corrected chi connectivity index (χ3v) is 3.34. The highest BCUT2D eigenvalue weighted by atomic mass is 16.5. The van der Waals surface area contributed by atoms with E-state index in [4.69, 9.17) is 4.74 Å². The molecule has 2 aromatic rings.